The van der Waals surface area contributed by atoms with Crippen LogP contribution in [0.4, 0.5) is 0 Å². The first-order valence-electron chi connectivity index (χ1n) is 10.5. The molecule has 32 heavy (non-hydrogen) atoms. The second-order valence-corrected chi connectivity index (χ2v) is 7.75. The molecule has 0 aliphatic carbocycles. The highest BCUT2D eigenvalue weighted by Gasteiger charge is 2.23. The van der Waals surface area contributed by atoms with Crippen molar-refractivity contribution in [3.8, 4) is 11.4 Å². The summed E-state index contributed by atoms with van der Waals surface area (Å²) in [5, 5.41) is 7.83. The zero-order chi connectivity index (χ0) is 22.7. The van der Waals surface area contributed by atoms with Gasteiger partial charge in [0.1, 0.15) is 17.6 Å². The molecule has 1 N–H and O–H groups in total. The highest BCUT2D eigenvalue weighted by Crippen LogP contribution is 2.25. The first kappa shape index (κ1) is 21.4. The van der Waals surface area contributed by atoms with Gasteiger partial charge in [-0.2, -0.15) is 5.10 Å². The van der Waals surface area contributed by atoms with E-state index in [-0.39, 0.29) is 12.3 Å². The van der Waals surface area contributed by atoms with E-state index in [2.05, 4.69) is 15.4 Å². The van der Waals surface area contributed by atoms with Crippen molar-refractivity contribution in [1.82, 2.24) is 24.6 Å². The number of rotatable bonds is 7. The van der Waals surface area contributed by atoms with Crippen molar-refractivity contribution in [3.63, 3.8) is 0 Å². The lowest BCUT2D eigenvalue weighted by Gasteiger charge is -2.20. The monoisotopic (exact) mass is 429 g/mol. The Balaban J connectivity index is 1.61. The summed E-state index contributed by atoms with van der Waals surface area (Å²) in [6.45, 7) is 3.93. The summed E-state index contributed by atoms with van der Waals surface area (Å²) in [7, 11) is 3.54. The number of carbonyl (C=O) groups is 1. The van der Waals surface area contributed by atoms with Gasteiger partial charge in [-0.3, -0.25) is 4.79 Å². The number of para-hydroxylation sites is 1. The molecule has 0 bridgehead atoms. The first-order valence-corrected chi connectivity index (χ1v) is 10.5. The maximum Gasteiger partial charge on any atom is 0.225 e. The minimum atomic E-state index is -0.401. The number of amides is 1. The molecule has 0 saturated heterocycles. The Morgan fingerprint density at radius 3 is 2.59 bits per heavy atom. The molecule has 1 atom stereocenters. The highest BCUT2D eigenvalue weighted by molar-refractivity contribution is 5.80. The molecule has 0 radical (unpaired) electrons. The van der Waals surface area contributed by atoms with E-state index < -0.39 is 6.04 Å². The second-order valence-electron chi connectivity index (χ2n) is 7.75. The number of nitrogens with zero attached hydrogens (tertiary/aromatic N) is 4. The first-order chi connectivity index (χ1) is 15.5. The number of hydrogen-bond acceptors (Lipinski definition) is 4. The van der Waals surface area contributed by atoms with Gasteiger partial charge in [-0.1, -0.05) is 30.3 Å². The molecule has 0 fully saturated rings. The van der Waals surface area contributed by atoms with E-state index in [0.29, 0.717) is 0 Å². The molecule has 0 spiro atoms. The molecule has 0 unspecified atom stereocenters. The second kappa shape index (κ2) is 9.09. The molecular formula is C25H27N5O2. The van der Waals surface area contributed by atoms with Crippen LogP contribution < -0.4 is 10.1 Å². The van der Waals surface area contributed by atoms with Crippen molar-refractivity contribution in [1.29, 1.82) is 0 Å². The molecule has 2 aromatic heterocycles. The van der Waals surface area contributed by atoms with Gasteiger partial charge >= 0.3 is 0 Å². The number of methoxy groups -OCH3 is 1. The molecule has 2 aromatic carbocycles. The maximum atomic E-state index is 13.2. The summed E-state index contributed by atoms with van der Waals surface area (Å²) < 4.78 is 9.17. The summed E-state index contributed by atoms with van der Waals surface area (Å²) in [4.78, 5) is 17.7. The highest BCUT2D eigenvalue weighted by atomic mass is 16.5. The number of hydrogen-bond donors (Lipinski definition) is 1. The molecule has 4 rings (SSSR count). The van der Waals surface area contributed by atoms with E-state index in [1.165, 1.54) is 0 Å². The van der Waals surface area contributed by atoms with Crippen molar-refractivity contribution in [2.24, 2.45) is 7.05 Å². The number of ether oxygens (including phenoxy) is 1. The van der Waals surface area contributed by atoms with Crippen LogP contribution in [0.2, 0.25) is 0 Å². The molecule has 7 nitrogen and oxygen atoms in total. The van der Waals surface area contributed by atoms with Crippen LogP contribution in [-0.4, -0.2) is 32.3 Å². The van der Waals surface area contributed by atoms with Gasteiger partial charge in [0, 0.05) is 30.7 Å². The number of carbonyl (C=O) groups excluding carboxylic acids is 1. The van der Waals surface area contributed by atoms with Gasteiger partial charge in [0.2, 0.25) is 5.91 Å². The van der Waals surface area contributed by atoms with Gasteiger partial charge in [0.05, 0.1) is 24.9 Å². The summed E-state index contributed by atoms with van der Waals surface area (Å²) in [6.07, 6.45) is 3.83. The van der Waals surface area contributed by atoms with Crippen LogP contribution in [0.15, 0.2) is 67.0 Å². The summed E-state index contributed by atoms with van der Waals surface area (Å²) >= 11 is 0. The fourth-order valence-electron chi connectivity index (χ4n) is 3.90. The van der Waals surface area contributed by atoms with E-state index in [4.69, 9.17) is 4.74 Å². The topological polar surface area (TPSA) is 74.0 Å². The third-order valence-electron chi connectivity index (χ3n) is 5.63. The minimum Gasteiger partial charge on any atom is -0.497 e. The molecule has 1 amide bonds. The fraction of sp³-hybridized carbons (Fsp3) is 0.240. The quantitative estimate of drug-likeness (QED) is 0.486. The zero-order valence-electron chi connectivity index (χ0n) is 18.7. The lowest BCUT2D eigenvalue weighted by molar-refractivity contribution is -0.121. The average Bonchev–Trinajstić information content (AvgIpc) is 3.36. The minimum absolute atomic E-state index is 0.0976. The third kappa shape index (κ3) is 4.27. The maximum absolute atomic E-state index is 13.2. The number of aromatic nitrogens is 4. The van der Waals surface area contributed by atoms with Gasteiger partial charge in [-0.15, -0.1) is 0 Å². The summed E-state index contributed by atoms with van der Waals surface area (Å²) in [5.74, 6) is 1.38. The van der Waals surface area contributed by atoms with Gasteiger partial charge in [0.15, 0.2) is 0 Å². The van der Waals surface area contributed by atoms with Crippen LogP contribution in [0.25, 0.3) is 5.69 Å². The van der Waals surface area contributed by atoms with E-state index in [1.54, 1.807) is 13.3 Å². The van der Waals surface area contributed by atoms with Gasteiger partial charge < -0.3 is 14.6 Å². The number of benzene rings is 2. The predicted octanol–water partition coefficient (Wildman–Crippen LogP) is 3.68. The van der Waals surface area contributed by atoms with Gasteiger partial charge in [-0.25, -0.2) is 9.67 Å². The van der Waals surface area contributed by atoms with Crippen LogP contribution in [0.5, 0.6) is 5.75 Å². The molecule has 2 heterocycles. The Hall–Kier alpha value is -3.87. The van der Waals surface area contributed by atoms with Crippen molar-refractivity contribution in [3.05, 3.63) is 95.3 Å². The molecule has 164 valence electrons. The smallest absolute Gasteiger partial charge is 0.225 e. The van der Waals surface area contributed by atoms with Crippen LogP contribution in [0.3, 0.4) is 0 Å². The van der Waals surface area contributed by atoms with Gasteiger partial charge in [-0.05, 0) is 43.7 Å². The molecule has 0 aliphatic heterocycles. The van der Waals surface area contributed by atoms with Crippen molar-refractivity contribution >= 4 is 5.91 Å². The van der Waals surface area contributed by atoms with Crippen LogP contribution in [0, 0.1) is 13.8 Å². The van der Waals surface area contributed by atoms with E-state index >= 15 is 0 Å². The van der Waals surface area contributed by atoms with E-state index in [0.717, 1.165) is 39.8 Å². The Morgan fingerprint density at radius 1 is 1.12 bits per heavy atom. The zero-order valence-corrected chi connectivity index (χ0v) is 18.7. The Bertz CT molecular complexity index is 1230. The average molecular weight is 430 g/mol. The Labute approximate surface area is 187 Å². The van der Waals surface area contributed by atoms with Crippen LogP contribution >= 0.6 is 0 Å². The third-order valence-corrected chi connectivity index (χ3v) is 5.63. The van der Waals surface area contributed by atoms with Crippen molar-refractivity contribution in [2.45, 2.75) is 26.3 Å². The van der Waals surface area contributed by atoms with E-state index in [1.807, 2.05) is 90.9 Å². The molecular weight excluding hydrogens is 402 g/mol. The van der Waals surface area contributed by atoms with Crippen LogP contribution in [-0.2, 0) is 18.3 Å². The lowest BCUT2D eigenvalue weighted by atomic mass is 10.0. The van der Waals surface area contributed by atoms with Crippen molar-refractivity contribution < 1.29 is 9.53 Å². The molecule has 7 heteroatoms. The Kier molecular flexibility index (Phi) is 6.07. The molecule has 4 aromatic rings. The Morgan fingerprint density at radius 2 is 1.91 bits per heavy atom. The van der Waals surface area contributed by atoms with Crippen molar-refractivity contribution in [2.75, 3.05) is 7.11 Å². The summed E-state index contributed by atoms with van der Waals surface area (Å²) in [6, 6.07) is 17.2. The van der Waals surface area contributed by atoms with E-state index in [9.17, 15) is 4.79 Å². The predicted molar refractivity (Wildman–Crippen MR) is 123 cm³/mol. The largest absolute Gasteiger partial charge is 0.497 e. The number of imidazole rings is 1. The SMILES string of the molecule is COc1cccc([C@H](NC(=O)Cc2c(C)nn(-c3ccccc3)c2C)c2nccn2C)c1. The van der Waals surface area contributed by atoms with Gasteiger partial charge in [0.25, 0.3) is 0 Å². The standard InChI is InChI=1S/C25H27N5O2/c1-17-22(18(2)30(28-17)20-10-6-5-7-11-20)16-23(31)27-24(25-26-13-14-29(25)3)19-9-8-12-21(15-19)32-4/h5-15,24H,16H2,1-4H3,(H,27,31)/t24-/m0/s1. The summed E-state index contributed by atoms with van der Waals surface area (Å²) in [5.41, 5.74) is 4.60. The molecule has 0 saturated carbocycles. The molecule has 0 aliphatic rings. The van der Waals surface area contributed by atoms with Crippen LogP contribution in [0.1, 0.15) is 34.4 Å². The number of nitrogens with one attached hydrogen (secondary N) is 1. The normalized spacial score (nSPS) is 11.9. The fourth-order valence-corrected chi connectivity index (χ4v) is 3.90. The lowest BCUT2D eigenvalue weighted by Crippen LogP contribution is -2.32. The number of aryl methyl sites for hydroxylation is 2.